The molecule has 1 aromatic carbocycles. The van der Waals surface area contributed by atoms with Crippen LogP contribution in [0.25, 0.3) is 22.5 Å². The molecule has 0 aliphatic rings. The number of rotatable bonds is 2. The van der Waals surface area contributed by atoms with E-state index in [1.54, 1.807) is 24.5 Å². The van der Waals surface area contributed by atoms with Crippen LogP contribution < -0.4 is 5.73 Å². The summed E-state index contributed by atoms with van der Waals surface area (Å²) in [6.45, 7) is 0. The van der Waals surface area contributed by atoms with Crippen LogP contribution in [0.15, 0.2) is 53.3 Å². The number of hydrogen-bond donors (Lipinski definition) is 1. The maximum absolute atomic E-state index is 5.89. The normalized spacial score (nSPS) is 10.6. The smallest absolute Gasteiger partial charge is 0.176 e. The van der Waals surface area contributed by atoms with Crippen molar-refractivity contribution in [2.45, 2.75) is 0 Å². The van der Waals surface area contributed by atoms with Crippen LogP contribution in [0.2, 0.25) is 5.02 Å². The predicted molar refractivity (Wildman–Crippen MR) is 74.6 cm³/mol. The maximum atomic E-state index is 5.89. The molecule has 0 saturated carbocycles. The van der Waals surface area contributed by atoms with E-state index in [2.05, 4.69) is 10.1 Å². The van der Waals surface area contributed by atoms with Crippen molar-refractivity contribution in [1.82, 2.24) is 10.1 Å². The minimum Gasteiger partial charge on any atom is -0.380 e. The Balaban J connectivity index is 2.16. The monoisotopic (exact) mass is 271 g/mol. The van der Waals surface area contributed by atoms with Gasteiger partial charge in [0.25, 0.3) is 0 Å². The average molecular weight is 272 g/mol. The van der Waals surface area contributed by atoms with Gasteiger partial charge in [0.15, 0.2) is 11.6 Å². The van der Waals surface area contributed by atoms with Crippen LogP contribution in [0.4, 0.5) is 5.82 Å². The van der Waals surface area contributed by atoms with Crippen molar-refractivity contribution in [2.24, 2.45) is 0 Å². The van der Waals surface area contributed by atoms with Crippen molar-refractivity contribution in [3.05, 3.63) is 53.8 Å². The van der Waals surface area contributed by atoms with Crippen molar-refractivity contribution in [2.75, 3.05) is 5.73 Å². The standard InChI is InChI=1S/C14H10ClN3O/c15-11-3-1-10(2-4-11)13-12(14(16)18-19-13)9-5-7-17-8-6-9/h1-8H,(H2,16,18). The van der Waals surface area contributed by atoms with Crippen molar-refractivity contribution < 1.29 is 4.52 Å². The van der Waals surface area contributed by atoms with Crippen LogP contribution in [0.1, 0.15) is 0 Å². The largest absolute Gasteiger partial charge is 0.380 e. The molecule has 19 heavy (non-hydrogen) atoms. The summed E-state index contributed by atoms with van der Waals surface area (Å²) in [6, 6.07) is 11.1. The van der Waals surface area contributed by atoms with Crippen molar-refractivity contribution >= 4 is 17.4 Å². The lowest BCUT2D eigenvalue weighted by atomic mass is 10.0. The van der Waals surface area contributed by atoms with E-state index in [-0.39, 0.29) is 0 Å². The Hall–Kier alpha value is -2.33. The highest BCUT2D eigenvalue weighted by Gasteiger charge is 2.17. The molecule has 2 N–H and O–H groups in total. The van der Waals surface area contributed by atoms with Gasteiger partial charge in [0.1, 0.15) is 0 Å². The number of benzene rings is 1. The van der Waals surface area contributed by atoms with Gasteiger partial charge in [0.2, 0.25) is 0 Å². The van der Waals surface area contributed by atoms with Crippen LogP contribution in [0.5, 0.6) is 0 Å². The van der Waals surface area contributed by atoms with Crippen molar-refractivity contribution in [3.63, 3.8) is 0 Å². The Kier molecular flexibility index (Phi) is 2.93. The molecule has 4 nitrogen and oxygen atoms in total. The van der Waals surface area contributed by atoms with E-state index >= 15 is 0 Å². The van der Waals surface area contributed by atoms with Gasteiger partial charge >= 0.3 is 0 Å². The topological polar surface area (TPSA) is 64.9 Å². The number of aromatic nitrogens is 2. The highest BCUT2D eigenvalue weighted by atomic mass is 35.5. The van der Waals surface area contributed by atoms with Gasteiger partial charge in [0.05, 0.1) is 5.56 Å². The first kappa shape index (κ1) is 11.7. The lowest BCUT2D eigenvalue weighted by molar-refractivity contribution is 0.436. The van der Waals surface area contributed by atoms with E-state index in [1.165, 1.54) is 0 Å². The minimum absolute atomic E-state index is 0.358. The van der Waals surface area contributed by atoms with Gasteiger partial charge in [-0.3, -0.25) is 4.98 Å². The summed E-state index contributed by atoms with van der Waals surface area (Å²) >= 11 is 5.88. The van der Waals surface area contributed by atoms with E-state index < -0.39 is 0 Å². The first-order valence-corrected chi connectivity index (χ1v) is 6.05. The van der Waals surface area contributed by atoms with Crippen LogP contribution in [0.3, 0.4) is 0 Å². The fourth-order valence-electron chi connectivity index (χ4n) is 1.90. The third kappa shape index (κ3) is 2.18. The number of hydrogen-bond acceptors (Lipinski definition) is 4. The molecule has 0 atom stereocenters. The molecule has 0 aliphatic heterocycles. The number of pyridine rings is 1. The SMILES string of the molecule is Nc1noc(-c2ccc(Cl)cc2)c1-c1ccncc1. The molecule has 0 spiro atoms. The van der Waals surface area contributed by atoms with E-state index in [1.807, 2.05) is 24.3 Å². The molecule has 0 fully saturated rings. The Morgan fingerprint density at radius 3 is 2.32 bits per heavy atom. The number of nitrogen functional groups attached to an aromatic ring is 1. The zero-order chi connectivity index (χ0) is 13.2. The molecule has 0 unspecified atom stereocenters. The fraction of sp³-hybridized carbons (Fsp3) is 0. The van der Waals surface area contributed by atoms with E-state index in [4.69, 9.17) is 21.9 Å². The fourth-order valence-corrected chi connectivity index (χ4v) is 2.02. The molecule has 94 valence electrons. The van der Waals surface area contributed by atoms with E-state index in [9.17, 15) is 0 Å². The quantitative estimate of drug-likeness (QED) is 0.773. The predicted octanol–water partition coefficient (Wildman–Crippen LogP) is 3.64. The third-order valence-corrected chi connectivity index (χ3v) is 3.05. The number of nitrogens with zero attached hydrogens (tertiary/aromatic N) is 2. The van der Waals surface area contributed by atoms with Crippen molar-refractivity contribution in [3.8, 4) is 22.5 Å². The lowest BCUT2D eigenvalue weighted by Crippen LogP contribution is -1.89. The van der Waals surface area contributed by atoms with Crippen LogP contribution in [0, 0.1) is 0 Å². The average Bonchev–Trinajstić information content (AvgIpc) is 2.82. The molecule has 0 saturated heterocycles. The first-order chi connectivity index (χ1) is 9.25. The molecule has 0 aliphatic carbocycles. The molecule has 2 heterocycles. The highest BCUT2D eigenvalue weighted by molar-refractivity contribution is 6.30. The molecule has 0 bridgehead atoms. The molecule has 2 aromatic heterocycles. The van der Waals surface area contributed by atoms with Crippen LogP contribution >= 0.6 is 11.6 Å². The Morgan fingerprint density at radius 1 is 0.947 bits per heavy atom. The summed E-state index contributed by atoms with van der Waals surface area (Å²) in [4.78, 5) is 3.99. The maximum Gasteiger partial charge on any atom is 0.176 e. The summed E-state index contributed by atoms with van der Waals surface area (Å²) in [5.41, 5.74) is 8.45. The van der Waals surface area contributed by atoms with Gasteiger partial charge in [0, 0.05) is 23.0 Å². The van der Waals surface area contributed by atoms with Crippen LogP contribution in [-0.4, -0.2) is 10.1 Å². The van der Waals surface area contributed by atoms with Gasteiger partial charge in [-0.05, 0) is 42.0 Å². The van der Waals surface area contributed by atoms with Gasteiger partial charge < -0.3 is 10.3 Å². The Morgan fingerprint density at radius 2 is 1.63 bits per heavy atom. The van der Waals surface area contributed by atoms with Crippen molar-refractivity contribution in [1.29, 1.82) is 0 Å². The molecule has 0 amide bonds. The second-order valence-corrected chi connectivity index (χ2v) is 4.45. The molecule has 0 radical (unpaired) electrons. The summed E-state index contributed by atoms with van der Waals surface area (Å²) in [6.07, 6.45) is 3.40. The molecule has 5 heteroatoms. The van der Waals surface area contributed by atoms with Gasteiger partial charge in [-0.2, -0.15) is 0 Å². The summed E-state index contributed by atoms with van der Waals surface area (Å²) in [5.74, 6) is 0.983. The summed E-state index contributed by atoms with van der Waals surface area (Å²) < 4.78 is 5.34. The number of halogens is 1. The lowest BCUT2D eigenvalue weighted by Gasteiger charge is -2.02. The zero-order valence-electron chi connectivity index (χ0n) is 9.88. The van der Waals surface area contributed by atoms with E-state index in [0.29, 0.717) is 16.6 Å². The van der Waals surface area contributed by atoms with Gasteiger partial charge in [-0.1, -0.05) is 16.8 Å². The minimum atomic E-state index is 0.358. The summed E-state index contributed by atoms with van der Waals surface area (Å²) in [7, 11) is 0. The summed E-state index contributed by atoms with van der Waals surface area (Å²) in [5, 5.41) is 4.51. The molecular weight excluding hydrogens is 262 g/mol. The molecule has 3 rings (SSSR count). The third-order valence-electron chi connectivity index (χ3n) is 2.79. The number of anilines is 1. The molecule has 3 aromatic rings. The number of nitrogens with two attached hydrogens (primary N) is 1. The van der Waals surface area contributed by atoms with E-state index in [0.717, 1.165) is 16.7 Å². The molecular formula is C14H10ClN3O. The highest BCUT2D eigenvalue weighted by Crippen LogP contribution is 2.36. The second kappa shape index (κ2) is 4.74. The van der Waals surface area contributed by atoms with Gasteiger partial charge in [-0.25, -0.2) is 0 Å². The second-order valence-electron chi connectivity index (χ2n) is 4.01. The van der Waals surface area contributed by atoms with Crippen LogP contribution in [-0.2, 0) is 0 Å². The Bertz CT molecular complexity index is 692. The zero-order valence-corrected chi connectivity index (χ0v) is 10.6. The van der Waals surface area contributed by atoms with Gasteiger partial charge in [-0.15, -0.1) is 0 Å². The first-order valence-electron chi connectivity index (χ1n) is 5.67. The Labute approximate surface area is 114 Å².